The van der Waals surface area contributed by atoms with Crippen LogP contribution in [-0.2, 0) is 20.8 Å². The summed E-state index contributed by atoms with van der Waals surface area (Å²) >= 11 is 7.25. The highest BCUT2D eigenvalue weighted by molar-refractivity contribution is 8.00. The Kier molecular flexibility index (Phi) is 7.84. The molecule has 1 heterocycles. The molecule has 1 aliphatic heterocycles. The molecule has 3 aromatic carbocycles. The van der Waals surface area contributed by atoms with Crippen LogP contribution in [0.2, 0.25) is 5.02 Å². The summed E-state index contributed by atoms with van der Waals surface area (Å²) < 4.78 is 0. The fraction of sp³-hybridized carbons (Fsp3) is 0.154. The number of amidine groups is 1. The molecular formula is C26H23ClN4O3S. The van der Waals surface area contributed by atoms with Crippen LogP contribution in [0.25, 0.3) is 0 Å². The summed E-state index contributed by atoms with van der Waals surface area (Å²) in [5.41, 5.74) is 2.20. The number of carbonyl (C=O) groups is 3. The van der Waals surface area contributed by atoms with Crippen LogP contribution in [0.3, 0.4) is 0 Å². The molecule has 1 unspecified atom stereocenters. The first-order chi connectivity index (χ1) is 16.9. The third kappa shape index (κ3) is 6.71. The Hall–Kier alpha value is -3.62. The van der Waals surface area contributed by atoms with Crippen LogP contribution in [0.4, 0.5) is 11.4 Å². The summed E-state index contributed by atoms with van der Waals surface area (Å²) in [5.74, 6) is -0.232. The molecule has 7 nitrogen and oxygen atoms in total. The molecular weight excluding hydrogens is 484 g/mol. The van der Waals surface area contributed by atoms with E-state index in [0.29, 0.717) is 22.2 Å². The number of benzene rings is 3. The Morgan fingerprint density at radius 3 is 2.37 bits per heavy atom. The van der Waals surface area contributed by atoms with Crippen LogP contribution in [0.5, 0.6) is 0 Å². The topological polar surface area (TPSA) is 90.9 Å². The monoisotopic (exact) mass is 506 g/mol. The fourth-order valence-corrected chi connectivity index (χ4v) is 4.37. The Balaban J connectivity index is 1.28. The van der Waals surface area contributed by atoms with E-state index in [1.165, 1.54) is 16.8 Å². The van der Waals surface area contributed by atoms with E-state index in [1.54, 1.807) is 43.3 Å². The van der Waals surface area contributed by atoms with Gasteiger partial charge < -0.3 is 10.6 Å². The summed E-state index contributed by atoms with van der Waals surface area (Å²) in [7, 11) is 0. The lowest BCUT2D eigenvalue weighted by Crippen LogP contribution is -2.35. The molecule has 178 valence electrons. The maximum absolute atomic E-state index is 12.7. The van der Waals surface area contributed by atoms with Crippen molar-refractivity contribution in [3.8, 4) is 0 Å². The molecule has 4 rings (SSSR count). The molecule has 3 aromatic rings. The third-order valence-electron chi connectivity index (χ3n) is 5.14. The minimum absolute atomic E-state index is 0.0441. The molecule has 0 bridgehead atoms. The van der Waals surface area contributed by atoms with E-state index in [2.05, 4.69) is 15.7 Å². The number of amides is 3. The molecule has 0 spiro atoms. The molecule has 0 aromatic heterocycles. The van der Waals surface area contributed by atoms with Gasteiger partial charge in [0.15, 0.2) is 0 Å². The van der Waals surface area contributed by atoms with Crippen molar-refractivity contribution >= 4 is 58.3 Å². The van der Waals surface area contributed by atoms with Crippen LogP contribution in [-0.4, -0.2) is 28.8 Å². The van der Waals surface area contributed by atoms with Gasteiger partial charge in [-0.05, 0) is 61.0 Å². The summed E-state index contributed by atoms with van der Waals surface area (Å²) in [6.07, 6.45) is 0.293. The van der Waals surface area contributed by atoms with Gasteiger partial charge >= 0.3 is 0 Å². The van der Waals surface area contributed by atoms with Crippen molar-refractivity contribution in [3.05, 3.63) is 89.4 Å². The van der Waals surface area contributed by atoms with Gasteiger partial charge in [-0.15, -0.1) is 11.8 Å². The molecule has 1 aliphatic rings. The normalized spacial score (nSPS) is 13.8. The second-order valence-corrected chi connectivity index (χ2v) is 9.74. The highest BCUT2D eigenvalue weighted by atomic mass is 35.5. The number of thioether (sulfide) groups is 1. The van der Waals surface area contributed by atoms with Crippen molar-refractivity contribution in [2.45, 2.75) is 29.9 Å². The number of nitrogens with zero attached hydrogens (tertiary/aromatic N) is 2. The summed E-state index contributed by atoms with van der Waals surface area (Å²) in [4.78, 5) is 38.1. The number of rotatable bonds is 7. The number of anilines is 2. The predicted octanol–water partition coefficient (Wildman–Crippen LogP) is 4.87. The zero-order valence-electron chi connectivity index (χ0n) is 18.9. The molecule has 9 heteroatoms. The van der Waals surface area contributed by atoms with E-state index in [4.69, 9.17) is 11.6 Å². The van der Waals surface area contributed by atoms with Gasteiger partial charge in [0.1, 0.15) is 5.84 Å². The second kappa shape index (κ2) is 11.2. The van der Waals surface area contributed by atoms with Gasteiger partial charge in [0.25, 0.3) is 5.91 Å². The molecule has 1 atom stereocenters. The zero-order valence-corrected chi connectivity index (χ0v) is 20.5. The average molecular weight is 507 g/mol. The summed E-state index contributed by atoms with van der Waals surface area (Å²) in [6, 6.07) is 23.5. The quantitative estimate of drug-likeness (QED) is 0.447. The first-order valence-electron chi connectivity index (χ1n) is 10.9. The average Bonchev–Trinajstić information content (AvgIpc) is 3.22. The molecule has 0 radical (unpaired) electrons. The van der Waals surface area contributed by atoms with Crippen LogP contribution < -0.4 is 15.6 Å². The minimum Gasteiger partial charge on any atom is -0.326 e. The largest absolute Gasteiger partial charge is 0.326 e. The van der Waals surface area contributed by atoms with Crippen LogP contribution >= 0.6 is 23.4 Å². The summed E-state index contributed by atoms with van der Waals surface area (Å²) in [5, 5.41) is 11.4. The lowest BCUT2D eigenvalue weighted by atomic mass is 10.1. The van der Waals surface area contributed by atoms with Crippen LogP contribution in [0.15, 0.2) is 88.9 Å². The van der Waals surface area contributed by atoms with Gasteiger partial charge in [0, 0.05) is 15.6 Å². The van der Waals surface area contributed by atoms with Crippen molar-refractivity contribution in [1.29, 1.82) is 0 Å². The first kappa shape index (κ1) is 24.5. The number of halogens is 1. The molecule has 0 saturated carbocycles. The second-order valence-electron chi connectivity index (χ2n) is 7.89. The van der Waals surface area contributed by atoms with Crippen molar-refractivity contribution < 1.29 is 14.4 Å². The van der Waals surface area contributed by atoms with E-state index in [1.807, 2.05) is 42.5 Å². The SMILES string of the molecule is CC(Sc1ccc(NC(=O)Cc2ccc(Cl)cc2)cc1)C(=O)NC1=NN(c2ccccc2)C(=O)C1. The van der Waals surface area contributed by atoms with Gasteiger partial charge in [-0.25, -0.2) is 0 Å². The standard InChI is InChI=1S/C26H23ClN4O3S/c1-17(26(34)29-23-16-25(33)31(30-23)21-5-3-2-4-6-21)35-22-13-11-20(12-14-22)28-24(32)15-18-7-9-19(27)10-8-18/h2-14,17H,15-16H2,1H3,(H,28,32)(H,29,30,34). The molecule has 0 saturated heterocycles. The van der Waals surface area contributed by atoms with Gasteiger partial charge in [-0.3, -0.25) is 14.4 Å². The Morgan fingerprint density at radius 2 is 1.69 bits per heavy atom. The Bertz CT molecular complexity index is 1250. The Morgan fingerprint density at radius 1 is 1.00 bits per heavy atom. The van der Waals surface area contributed by atoms with Crippen molar-refractivity contribution in [2.24, 2.45) is 5.10 Å². The van der Waals surface area contributed by atoms with Crippen molar-refractivity contribution in [1.82, 2.24) is 5.32 Å². The number of carbonyl (C=O) groups excluding carboxylic acids is 3. The molecule has 0 fully saturated rings. The Labute approximate surface area is 212 Å². The van der Waals surface area contributed by atoms with Gasteiger partial charge in [-0.1, -0.05) is 41.9 Å². The fourth-order valence-electron chi connectivity index (χ4n) is 3.38. The lowest BCUT2D eigenvalue weighted by molar-refractivity contribution is -0.119. The number of para-hydroxylation sites is 1. The van der Waals surface area contributed by atoms with E-state index in [0.717, 1.165) is 10.5 Å². The summed E-state index contributed by atoms with van der Waals surface area (Å²) in [6.45, 7) is 1.79. The number of hydrazone groups is 1. The maximum Gasteiger partial charge on any atom is 0.255 e. The number of hydrogen-bond acceptors (Lipinski definition) is 5. The third-order valence-corrected chi connectivity index (χ3v) is 6.51. The van der Waals surface area contributed by atoms with Crippen molar-refractivity contribution in [3.63, 3.8) is 0 Å². The minimum atomic E-state index is -0.413. The maximum atomic E-state index is 12.7. The molecule has 0 aliphatic carbocycles. The van der Waals surface area contributed by atoms with E-state index in [-0.39, 0.29) is 30.6 Å². The highest BCUT2D eigenvalue weighted by Crippen LogP contribution is 2.25. The van der Waals surface area contributed by atoms with Crippen LogP contribution in [0.1, 0.15) is 18.9 Å². The van der Waals surface area contributed by atoms with E-state index in [9.17, 15) is 14.4 Å². The molecule has 2 N–H and O–H groups in total. The lowest BCUT2D eigenvalue weighted by Gasteiger charge is -2.12. The van der Waals surface area contributed by atoms with Gasteiger partial charge in [-0.2, -0.15) is 10.1 Å². The van der Waals surface area contributed by atoms with E-state index < -0.39 is 5.25 Å². The zero-order chi connectivity index (χ0) is 24.8. The predicted molar refractivity (Wildman–Crippen MR) is 140 cm³/mol. The van der Waals surface area contributed by atoms with E-state index >= 15 is 0 Å². The van der Waals surface area contributed by atoms with Crippen LogP contribution in [0, 0.1) is 0 Å². The highest BCUT2D eigenvalue weighted by Gasteiger charge is 2.27. The number of hydrogen-bond donors (Lipinski definition) is 2. The molecule has 35 heavy (non-hydrogen) atoms. The van der Waals surface area contributed by atoms with Crippen molar-refractivity contribution in [2.75, 3.05) is 10.3 Å². The van der Waals surface area contributed by atoms with Gasteiger partial charge in [0.2, 0.25) is 11.8 Å². The van der Waals surface area contributed by atoms with Gasteiger partial charge in [0.05, 0.1) is 23.8 Å². The number of nitrogens with one attached hydrogen (secondary N) is 2. The molecule has 3 amide bonds. The smallest absolute Gasteiger partial charge is 0.255 e. The first-order valence-corrected chi connectivity index (χ1v) is 12.2.